The summed E-state index contributed by atoms with van der Waals surface area (Å²) in [6.45, 7) is 6.08. The van der Waals surface area contributed by atoms with E-state index in [1.165, 1.54) is 25.7 Å². The van der Waals surface area contributed by atoms with Crippen molar-refractivity contribution in [3.8, 4) is 11.8 Å². The average molecular weight is 209 g/mol. The first-order chi connectivity index (χ1) is 7.38. The molecule has 2 atom stereocenters. The van der Waals surface area contributed by atoms with Gasteiger partial charge in [0.2, 0.25) is 0 Å². The van der Waals surface area contributed by atoms with Crippen LogP contribution in [0.3, 0.4) is 0 Å². The van der Waals surface area contributed by atoms with Crippen LogP contribution in [0.25, 0.3) is 0 Å². The van der Waals surface area contributed by atoms with Crippen molar-refractivity contribution in [2.24, 2.45) is 0 Å². The van der Waals surface area contributed by atoms with Crippen molar-refractivity contribution < 1.29 is 4.74 Å². The van der Waals surface area contributed by atoms with Crippen molar-refractivity contribution in [2.45, 2.75) is 58.1 Å². The van der Waals surface area contributed by atoms with Gasteiger partial charge in [-0.05, 0) is 39.2 Å². The summed E-state index contributed by atoms with van der Waals surface area (Å²) in [4.78, 5) is 0. The molecule has 2 unspecified atom stereocenters. The minimum absolute atomic E-state index is 0.381. The lowest BCUT2D eigenvalue weighted by Crippen LogP contribution is -2.43. The number of ether oxygens (including phenoxy) is 1. The molecule has 1 fully saturated rings. The first-order valence-electron chi connectivity index (χ1n) is 6.13. The SMILES string of the molecule is CC#CCC(NCCC)C1CCCCO1. The van der Waals surface area contributed by atoms with Crippen LogP contribution in [-0.4, -0.2) is 25.3 Å². The van der Waals surface area contributed by atoms with Crippen LogP contribution in [-0.2, 0) is 4.74 Å². The Morgan fingerprint density at radius 3 is 2.93 bits per heavy atom. The lowest BCUT2D eigenvalue weighted by molar-refractivity contribution is -0.00639. The lowest BCUT2D eigenvalue weighted by atomic mass is 9.99. The quantitative estimate of drug-likeness (QED) is 0.702. The molecule has 1 saturated heterocycles. The molecule has 0 aromatic carbocycles. The lowest BCUT2D eigenvalue weighted by Gasteiger charge is -2.30. The van der Waals surface area contributed by atoms with Gasteiger partial charge in [0.25, 0.3) is 0 Å². The molecule has 1 aliphatic rings. The van der Waals surface area contributed by atoms with Crippen molar-refractivity contribution in [1.29, 1.82) is 0 Å². The minimum atomic E-state index is 0.381. The standard InChI is InChI=1S/C13H23NO/c1-3-5-8-12(14-10-4-2)13-9-6-7-11-15-13/h12-14H,4,6-11H2,1-2H3. The highest BCUT2D eigenvalue weighted by atomic mass is 16.5. The van der Waals surface area contributed by atoms with Crippen LogP contribution in [0.4, 0.5) is 0 Å². The first kappa shape index (κ1) is 12.5. The third-order valence-corrected chi connectivity index (χ3v) is 2.82. The summed E-state index contributed by atoms with van der Waals surface area (Å²) in [5, 5.41) is 3.55. The summed E-state index contributed by atoms with van der Waals surface area (Å²) in [5.74, 6) is 6.13. The highest BCUT2D eigenvalue weighted by Gasteiger charge is 2.22. The van der Waals surface area contributed by atoms with Gasteiger partial charge in [0.1, 0.15) is 0 Å². The Kier molecular flexibility index (Phi) is 6.47. The number of hydrogen-bond donors (Lipinski definition) is 1. The topological polar surface area (TPSA) is 21.3 Å². The molecule has 0 aliphatic carbocycles. The van der Waals surface area contributed by atoms with E-state index in [2.05, 4.69) is 24.1 Å². The zero-order valence-corrected chi connectivity index (χ0v) is 10.0. The number of hydrogen-bond acceptors (Lipinski definition) is 2. The van der Waals surface area contributed by atoms with Crippen molar-refractivity contribution >= 4 is 0 Å². The molecular formula is C13H23NO. The summed E-state index contributed by atoms with van der Waals surface area (Å²) in [7, 11) is 0. The van der Waals surface area contributed by atoms with Crippen molar-refractivity contribution in [3.63, 3.8) is 0 Å². The second-order valence-electron chi connectivity index (χ2n) is 4.10. The van der Waals surface area contributed by atoms with E-state index in [9.17, 15) is 0 Å². The van der Waals surface area contributed by atoms with Crippen molar-refractivity contribution in [2.75, 3.05) is 13.2 Å². The van der Waals surface area contributed by atoms with Crippen LogP contribution in [0.1, 0.15) is 46.0 Å². The Morgan fingerprint density at radius 1 is 1.47 bits per heavy atom. The molecule has 0 spiro atoms. The summed E-state index contributed by atoms with van der Waals surface area (Å²) < 4.78 is 5.80. The molecular weight excluding hydrogens is 186 g/mol. The molecule has 0 bridgehead atoms. The van der Waals surface area contributed by atoms with E-state index in [1.807, 2.05) is 6.92 Å². The monoisotopic (exact) mass is 209 g/mol. The van der Waals surface area contributed by atoms with E-state index in [4.69, 9.17) is 4.74 Å². The largest absolute Gasteiger partial charge is 0.377 e. The predicted octanol–water partition coefficient (Wildman–Crippen LogP) is 2.34. The van der Waals surface area contributed by atoms with Gasteiger partial charge in [-0.2, -0.15) is 0 Å². The molecule has 1 N–H and O–H groups in total. The van der Waals surface area contributed by atoms with Gasteiger partial charge in [0, 0.05) is 19.1 Å². The van der Waals surface area contributed by atoms with Gasteiger partial charge in [-0.1, -0.05) is 6.92 Å². The Balaban J connectivity index is 2.39. The Hall–Kier alpha value is -0.520. The minimum Gasteiger partial charge on any atom is -0.377 e. The summed E-state index contributed by atoms with van der Waals surface area (Å²) >= 11 is 0. The van der Waals surface area contributed by atoms with E-state index in [1.54, 1.807) is 0 Å². The molecule has 0 amide bonds. The Bertz CT molecular complexity index is 210. The van der Waals surface area contributed by atoms with E-state index in [0.29, 0.717) is 12.1 Å². The van der Waals surface area contributed by atoms with Gasteiger partial charge in [0.15, 0.2) is 0 Å². The van der Waals surface area contributed by atoms with Gasteiger partial charge in [-0.15, -0.1) is 11.8 Å². The zero-order chi connectivity index (χ0) is 10.9. The molecule has 0 radical (unpaired) electrons. The fourth-order valence-corrected chi connectivity index (χ4v) is 1.96. The van der Waals surface area contributed by atoms with Gasteiger partial charge in [0.05, 0.1) is 6.10 Å². The maximum absolute atomic E-state index is 5.80. The van der Waals surface area contributed by atoms with Gasteiger partial charge in [-0.25, -0.2) is 0 Å². The molecule has 86 valence electrons. The van der Waals surface area contributed by atoms with Gasteiger partial charge < -0.3 is 10.1 Å². The summed E-state index contributed by atoms with van der Waals surface area (Å²) in [5.41, 5.74) is 0. The number of rotatable bonds is 5. The molecule has 1 heterocycles. The summed E-state index contributed by atoms with van der Waals surface area (Å²) in [6.07, 6.45) is 6.17. The maximum atomic E-state index is 5.80. The molecule has 2 nitrogen and oxygen atoms in total. The third kappa shape index (κ3) is 4.68. The highest BCUT2D eigenvalue weighted by Crippen LogP contribution is 2.17. The second-order valence-corrected chi connectivity index (χ2v) is 4.10. The normalized spacial score (nSPS) is 22.9. The molecule has 0 aromatic rings. The highest BCUT2D eigenvalue weighted by molar-refractivity contribution is 5.00. The predicted molar refractivity (Wildman–Crippen MR) is 63.7 cm³/mol. The van der Waals surface area contributed by atoms with Crippen LogP contribution < -0.4 is 5.32 Å². The molecule has 1 aliphatic heterocycles. The van der Waals surface area contributed by atoms with Crippen molar-refractivity contribution in [3.05, 3.63) is 0 Å². The molecule has 15 heavy (non-hydrogen) atoms. The van der Waals surface area contributed by atoms with E-state index >= 15 is 0 Å². The van der Waals surface area contributed by atoms with Gasteiger partial charge in [-0.3, -0.25) is 0 Å². The zero-order valence-electron chi connectivity index (χ0n) is 10.0. The van der Waals surface area contributed by atoms with E-state index in [-0.39, 0.29) is 0 Å². The Labute approximate surface area is 93.8 Å². The van der Waals surface area contributed by atoms with Crippen molar-refractivity contribution in [1.82, 2.24) is 5.32 Å². The molecule has 1 rings (SSSR count). The van der Waals surface area contributed by atoms with Crippen LogP contribution in [0, 0.1) is 11.8 Å². The van der Waals surface area contributed by atoms with Crippen LogP contribution in [0.15, 0.2) is 0 Å². The number of nitrogens with one attached hydrogen (secondary N) is 1. The molecule has 0 saturated carbocycles. The average Bonchev–Trinajstić information content (AvgIpc) is 2.30. The van der Waals surface area contributed by atoms with Crippen LogP contribution in [0.5, 0.6) is 0 Å². The van der Waals surface area contributed by atoms with Crippen LogP contribution >= 0.6 is 0 Å². The molecule has 2 heteroatoms. The Morgan fingerprint density at radius 2 is 2.33 bits per heavy atom. The van der Waals surface area contributed by atoms with E-state index in [0.717, 1.165) is 19.6 Å². The first-order valence-corrected chi connectivity index (χ1v) is 6.13. The van der Waals surface area contributed by atoms with Crippen LogP contribution in [0.2, 0.25) is 0 Å². The molecule has 0 aromatic heterocycles. The smallest absolute Gasteiger partial charge is 0.0737 e. The summed E-state index contributed by atoms with van der Waals surface area (Å²) in [6, 6.07) is 0.428. The fourth-order valence-electron chi connectivity index (χ4n) is 1.96. The third-order valence-electron chi connectivity index (χ3n) is 2.82. The van der Waals surface area contributed by atoms with Gasteiger partial charge >= 0.3 is 0 Å². The second kappa shape index (κ2) is 7.73. The van der Waals surface area contributed by atoms with E-state index < -0.39 is 0 Å². The fraction of sp³-hybridized carbons (Fsp3) is 0.846. The maximum Gasteiger partial charge on any atom is 0.0737 e.